The molecular weight excluding hydrogens is 242 g/mol. The average molecular weight is 263 g/mol. The molecule has 1 fully saturated rings. The van der Waals surface area contributed by atoms with Gasteiger partial charge in [-0.1, -0.05) is 30.3 Å². The maximum atomic E-state index is 11.9. The molecule has 0 aromatic heterocycles. The van der Waals surface area contributed by atoms with E-state index in [0.29, 0.717) is 19.8 Å². The summed E-state index contributed by atoms with van der Waals surface area (Å²) in [7, 11) is 0. The Hall–Kier alpha value is -1.39. The Balaban J connectivity index is 1.99. The first-order valence-electron chi connectivity index (χ1n) is 6.71. The number of benzene rings is 1. The molecule has 0 aliphatic carbocycles. The fraction of sp³-hybridized carbons (Fsp3) is 0.533. The second kappa shape index (κ2) is 6.17. The third-order valence-corrected chi connectivity index (χ3v) is 3.31. The van der Waals surface area contributed by atoms with E-state index in [0.717, 1.165) is 13.1 Å². The number of rotatable bonds is 4. The topological polar surface area (TPSA) is 38.8 Å². The molecule has 1 aliphatic rings. The van der Waals surface area contributed by atoms with Crippen molar-refractivity contribution in [2.45, 2.75) is 26.0 Å². The lowest BCUT2D eigenvalue weighted by atomic mass is 10.0. The van der Waals surface area contributed by atoms with Gasteiger partial charge in [-0.25, -0.2) is 4.79 Å². The Morgan fingerprint density at radius 2 is 2.16 bits per heavy atom. The molecular formula is C15H21NO3. The predicted octanol–water partition coefficient (Wildman–Crippen LogP) is 1.84. The van der Waals surface area contributed by atoms with E-state index >= 15 is 0 Å². The number of carbonyl (C=O) groups is 1. The van der Waals surface area contributed by atoms with Gasteiger partial charge < -0.3 is 9.47 Å². The summed E-state index contributed by atoms with van der Waals surface area (Å²) in [6, 6.07) is 10.3. The van der Waals surface area contributed by atoms with Gasteiger partial charge in [-0.05, 0) is 19.4 Å². The van der Waals surface area contributed by atoms with Gasteiger partial charge in [0, 0.05) is 19.6 Å². The minimum atomic E-state index is -0.844. The molecule has 1 unspecified atom stereocenters. The second-order valence-electron chi connectivity index (χ2n) is 5.00. The van der Waals surface area contributed by atoms with Crippen molar-refractivity contribution in [3.05, 3.63) is 35.9 Å². The lowest BCUT2D eigenvalue weighted by molar-refractivity contribution is -0.180. The van der Waals surface area contributed by atoms with Crippen LogP contribution in [0.25, 0.3) is 0 Å². The van der Waals surface area contributed by atoms with E-state index in [2.05, 4.69) is 17.0 Å². The first-order valence-corrected chi connectivity index (χ1v) is 6.71. The fourth-order valence-electron chi connectivity index (χ4n) is 2.34. The standard InChI is InChI=1S/C15H21NO3/c1-3-18-14(17)15(2)12-16(9-10-19-15)11-13-7-5-4-6-8-13/h4-8H,3,9-12H2,1-2H3. The Morgan fingerprint density at radius 3 is 2.84 bits per heavy atom. The van der Waals surface area contributed by atoms with Gasteiger partial charge in [0.2, 0.25) is 0 Å². The van der Waals surface area contributed by atoms with Gasteiger partial charge in [0.05, 0.1) is 13.2 Å². The summed E-state index contributed by atoms with van der Waals surface area (Å²) < 4.78 is 10.7. The van der Waals surface area contributed by atoms with Crippen LogP contribution in [0.5, 0.6) is 0 Å². The highest BCUT2D eigenvalue weighted by molar-refractivity contribution is 5.79. The Bertz CT molecular complexity index is 421. The van der Waals surface area contributed by atoms with Crippen LogP contribution in [-0.4, -0.2) is 42.8 Å². The smallest absolute Gasteiger partial charge is 0.339 e. The maximum absolute atomic E-state index is 11.9. The monoisotopic (exact) mass is 263 g/mol. The van der Waals surface area contributed by atoms with Gasteiger partial charge in [0.15, 0.2) is 5.60 Å². The highest BCUT2D eigenvalue weighted by Gasteiger charge is 2.40. The van der Waals surface area contributed by atoms with E-state index < -0.39 is 5.60 Å². The summed E-state index contributed by atoms with van der Waals surface area (Å²) in [4.78, 5) is 14.2. The van der Waals surface area contributed by atoms with Crippen molar-refractivity contribution in [1.29, 1.82) is 0 Å². The molecule has 0 N–H and O–H groups in total. The molecule has 1 heterocycles. The first kappa shape index (κ1) is 14.0. The number of morpholine rings is 1. The number of hydrogen-bond acceptors (Lipinski definition) is 4. The molecule has 0 amide bonds. The lowest BCUT2D eigenvalue weighted by Crippen LogP contribution is -2.54. The summed E-state index contributed by atoms with van der Waals surface area (Å²) in [5, 5.41) is 0. The molecule has 0 saturated carbocycles. The van der Waals surface area contributed by atoms with Crippen LogP contribution in [0, 0.1) is 0 Å². The zero-order valence-electron chi connectivity index (χ0n) is 11.6. The van der Waals surface area contributed by atoms with Crippen molar-refractivity contribution in [2.24, 2.45) is 0 Å². The molecule has 1 saturated heterocycles. The van der Waals surface area contributed by atoms with Crippen LogP contribution in [0.4, 0.5) is 0 Å². The van der Waals surface area contributed by atoms with E-state index in [4.69, 9.17) is 9.47 Å². The third-order valence-electron chi connectivity index (χ3n) is 3.31. The number of carbonyl (C=O) groups excluding carboxylic acids is 1. The normalized spacial score (nSPS) is 24.1. The molecule has 0 bridgehead atoms. The first-order chi connectivity index (χ1) is 9.14. The van der Waals surface area contributed by atoms with Crippen LogP contribution in [0.3, 0.4) is 0 Å². The predicted molar refractivity (Wildman–Crippen MR) is 72.7 cm³/mol. The van der Waals surface area contributed by atoms with Crippen LogP contribution < -0.4 is 0 Å². The maximum Gasteiger partial charge on any atom is 0.339 e. The van der Waals surface area contributed by atoms with E-state index in [1.807, 2.05) is 32.0 Å². The quantitative estimate of drug-likeness (QED) is 0.777. The molecule has 2 rings (SSSR count). The number of nitrogens with zero attached hydrogens (tertiary/aromatic N) is 1. The van der Waals surface area contributed by atoms with Gasteiger partial charge in [0.25, 0.3) is 0 Å². The highest BCUT2D eigenvalue weighted by Crippen LogP contribution is 2.21. The summed E-state index contributed by atoms with van der Waals surface area (Å²) in [6.45, 7) is 6.80. The Labute approximate surface area is 114 Å². The van der Waals surface area contributed by atoms with Crippen LogP contribution in [0.1, 0.15) is 19.4 Å². The summed E-state index contributed by atoms with van der Waals surface area (Å²) in [5.41, 5.74) is 0.402. The van der Waals surface area contributed by atoms with Gasteiger partial charge >= 0.3 is 5.97 Å². The van der Waals surface area contributed by atoms with Crippen molar-refractivity contribution in [3.8, 4) is 0 Å². The van der Waals surface area contributed by atoms with E-state index in [9.17, 15) is 4.79 Å². The Morgan fingerprint density at radius 1 is 1.42 bits per heavy atom. The van der Waals surface area contributed by atoms with Gasteiger partial charge in [-0.2, -0.15) is 0 Å². The van der Waals surface area contributed by atoms with Crippen molar-refractivity contribution < 1.29 is 14.3 Å². The second-order valence-corrected chi connectivity index (χ2v) is 5.00. The molecule has 1 atom stereocenters. The minimum absolute atomic E-state index is 0.271. The molecule has 1 aliphatic heterocycles. The number of hydrogen-bond donors (Lipinski definition) is 0. The van der Waals surface area contributed by atoms with Crippen molar-refractivity contribution in [1.82, 2.24) is 4.90 Å². The number of esters is 1. The largest absolute Gasteiger partial charge is 0.464 e. The van der Waals surface area contributed by atoms with Crippen LogP contribution >= 0.6 is 0 Å². The molecule has 0 spiro atoms. The van der Waals surface area contributed by atoms with Crippen molar-refractivity contribution in [2.75, 3.05) is 26.3 Å². The zero-order valence-corrected chi connectivity index (χ0v) is 11.6. The van der Waals surface area contributed by atoms with E-state index in [1.54, 1.807) is 0 Å². The molecule has 104 valence electrons. The SMILES string of the molecule is CCOC(=O)C1(C)CN(Cc2ccccc2)CCO1. The fourth-order valence-corrected chi connectivity index (χ4v) is 2.34. The van der Waals surface area contributed by atoms with Crippen LogP contribution in [-0.2, 0) is 20.8 Å². The highest BCUT2D eigenvalue weighted by atomic mass is 16.6. The summed E-state index contributed by atoms with van der Waals surface area (Å²) in [5.74, 6) is -0.271. The van der Waals surface area contributed by atoms with Crippen LogP contribution in [0.15, 0.2) is 30.3 Å². The molecule has 1 aromatic rings. The van der Waals surface area contributed by atoms with Gasteiger partial charge in [-0.3, -0.25) is 4.90 Å². The molecule has 4 nitrogen and oxygen atoms in total. The van der Waals surface area contributed by atoms with Gasteiger partial charge in [0.1, 0.15) is 0 Å². The van der Waals surface area contributed by atoms with Gasteiger partial charge in [-0.15, -0.1) is 0 Å². The number of ether oxygens (including phenoxy) is 2. The van der Waals surface area contributed by atoms with Crippen LogP contribution in [0.2, 0.25) is 0 Å². The average Bonchev–Trinajstić information content (AvgIpc) is 2.40. The zero-order chi connectivity index (χ0) is 13.7. The van der Waals surface area contributed by atoms with E-state index in [-0.39, 0.29) is 5.97 Å². The molecule has 0 radical (unpaired) electrons. The molecule has 4 heteroatoms. The molecule has 19 heavy (non-hydrogen) atoms. The summed E-state index contributed by atoms with van der Waals surface area (Å²) >= 11 is 0. The van der Waals surface area contributed by atoms with Crippen molar-refractivity contribution >= 4 is 5.97 Å². The summed E-state index contributed by atoms with van der Waals surface area (Å²) in [6.07, 6.45) is 0. The van der Waals surface area contributed by atoms with Crippen molar-refractivity contribution in [3.63, 3.8) is 0 Å². The molecule has 1 aromatic carbocycles. The minimum Gasteiger partial charge on any atom is -0.464 e. The third kappa shape index (κ3) is 3.55. The Kier molecular flexibility index (Phi) is 4.56. The lowest BCUT2D eigenvalue weighted by Gasteiger charge is -2.38. The van der Waals surface area contributed by atoms with E-state index in [1.165, 1.54) is 5.56 Å².